The van der Waals surface area contributed by atoms with E-state index in [2.05, 4.69) is 26.2 Å². The first-order valence-electron chi connectivity index (χ1n) is 4.89. The topological polar surface area (TPSA) is 68.0 Å². The first-order chi connectivity index (χ1) is 8.13. The molecule has 4 nitrogen and oxygen atoms in total. The summed E-state index contributed by atoms with van der Waals surface area (Å²) in [5, 5.41) is 5.06. The van der Waals surface area contributed by atoms with Gasteiger partial charge in [0.15, 0.2) is 5.13 Å². The van der Waals surface area contributed by atoms with Gasteiger partial charge in [0.1, 0.15) is 0 Å². The molecule has 0 aliphatic rings. The number of thiazole rings is 1. The van der Waals surface area contributed by atoms with Crippen molar-refractivity contribution in [3.63, 3.8) is 0 Å². The molecule has 0 unspecified atom stereocenters. The van der Waals surface area contributed by atoms with Gasteiger partial charge in [-0.05, 0) is 18.2 Å². The third-order valence-electron chi connectivity index (χ3n) is 2.02. The van der Waals surface area contributed by atoms with Crippen LogP contribution in [0.4, 0.5) is 10.8 Å². The summed E-state index contributed by atoms with van der Waals surface area (Å²) in [4.78, 5) is 15.7. The molecule has 0 aliphatic carbocycles. The molecule has 0 saturated heterocycles. The highest BCUT2D eigenvalue weighted by Crippen LogP contribution is 2.16. The van der Waals surface area contributed by atoms with Crippen molar-refractivity contribution in [2.45, 2.75) is 6.42 Å². The van der Waals surface area contributed by atoms with E-state index in [1.54, 1.807) is 5.38 Å². The highest BCUT2D eigenvalue weighted by Gasteiger charge is 2.07. The molecule has 6 heteroatoms. The lowest BCUT2D eigenvalue weighted by atomic mass is 10.3. The molecule has 1 amide bonds. The first-order valence-corrected chi connectivity index (χ1v) is 6.56. The third-order valence-corrected chi connectivity index (χ3v) is 3.24. The van der Waals surface area contributed by atoms with Gasteiger partial charge < -0.3 is 11.1 Å². The van der Waals surface area contributed by atoms with Crippen LogP contribution in [0, 0.1) is 0 Å². The molecule has 0 bridgehead atoms. The summed E-state index contributed by atoms with van der Waals surface area (Å²) in [7, 11) is 0. The van der Waals surface area contributed by atoms with Crippen LogP contribution in [0.5, 0.6) is 0 Å². The van der Waals surface area contributed by atoms with E-state index in [4.69, 9.17) is 5.73 Å². The lowest BCUT2D eigenvalue weighted by molar-refractivity contribution is -0.115. The summed E-state index contributed by atoms with van der Waals surface area (Å²) in [6, 6.07) is 7.43. The number of halogens is 1. The standard InChI is InChI=1S/C11H10BrN3OS/c12-7-2-1-3-8(4-7)14-10(16)5-9-6-17-11(13)15-9/h1-4,6H,5H2,(H2,13,15)(H,14,16). The number of benzene rings is 1. The predicted molar refractivity (Wildman–Crippen MR) is 73.0 cm³/mol. The molecule has 1 aromatic carbocycles. The number of nitrogens with one attached hydrogen (secondary N) is 1. The highest BCUT2D eigenvalue weighted by molar-refractivity contribution is 9.10. The average molecular weight is 312 g/mol. The van der Waals surface area contributed by atoms with Crippen LogP contribution in [0.1, 0.15) is 5.69 Å². The van der Waals surface area contributed by atoms with Crippen LogP contribution in [-0.2, 0) is 11.2 Å². The van der Waals surface area contributed by atoms with Gasteiger partial charge in [0.05, 0.1) is 12.1 Å². The van der Waals surface area contributed by atoms with E-state index in [9.17, 15) is 4.79 Å². The Labute approximate surface area is 111 Å². The number of carbonyl (C=O) groups excluding carboxylic acids is 1. The molecule has 1 aromatic heterocycles. The molecular weight excluding hydrogens is 302 g/mol. The largest absolute Gasteiger partial charge is 0.375 e. The molecule has 2 aromatic rings. The molecule has 17 heavy (non-hydrogen) atoms. The summed E-state index contributed by atoms with van der Waals surface area (Å²) in [6.45, 7) is 0. The van der Waals surface area contributed by atoms with Gasteiger partial charge >= 0.3 is 0 Å². The number of nitrogens with two attached hydrogens (primary N) is 1. The van der Waals surface area contributed by atoms with Gasteiger partial charge in [0.25, 0.3) is 0 Å². The minimum Gasteiger partial charge on any atom is -0.375 e. The van der Waals surface area contributed by atoms with Crippen molar-refractivity contribution in [2.24, 2.45) is 0 Å². The summed E-state index contributed by atoms with van der Waals surface area (Å²) in [6.07, 6.45) is 0.236. The van der Waals surface area contributed by atoms with Gasteiger partial charge in [0, 0.05) is 15.5 Å². The van der Waals surface area contributed by atoms with E-state index in [1.165, 1.54) is 11.3 Å². The Morgan fingerprint density at radius 1 is 1.53 bits per heavy atom. The van der Waals surface area contributed by atoms with Crippen molar-refractivity contribution in [2.75, 3.05) is 11.1 Å². The lowest BCUT2D eigenvalue weighted by Gasteiger charge is -2.04. The van der Waals surface area contributed by atoms with Crippen LogP contribution < -0.4 is 11.1 Å². The predicted octanol–water partition coefficient (Wildman–Crippen LogP) is 2.67. The maximum Gasteiger partial charge on any atom is 0.230 e. The number of rotatable bonds is 3. The van der Waals surface area contributed by atoms with Gasteiger partial charge in [-0.1, -0.05) is 22.0 Å². The molecule has 1 heterocycles. The zero-order valence-corrected chi connectivity index (χ0v) is 11.2. The Morgan fingerprint density at radius 2 is 2.35 bits per heavy atom. The normalized spacial score (nSPS) is 10.2. The molecular formula is C11H10BrN3OS. The van der Waals surface area contributed by atoms with Crippen molar-refractivity contribution >= 4 is 44.0 Å². The molecule has 0 saturated carbocycles. The fourth-order valence-corrected chi connectivity index (χ4v) is 2.30. The van der Waals surface area contributed by atoms with Crippen molar-refractivity contribution < 1.29 is 4.79 Å². The van der Waals surface area contributed by atoms with Crippen LogP contribution in [0.3, 0.4) is 0 Å². The Kier molecular flexibility index (Phi) is 3.75. The SMILES string of the molecule is Nc1nc(CC(=O)Nc2cccc(Br)c2)cs1. The van der Waals surface area contributed by atoms with Gasteiger partial charge in [-0.25, -0.2) is 4.98 Å². The van der Waals surface area contributed by atoms with Gasteiger partial charge in [-0.15, -0.1) is 11.3 Å². The second-order valence-electron chi connectivity index (χ2n) is 3.41. The monoisotopic (exact) mass is 311 g/mol. The number of nitrogen functional groups attached to an aromatic ring is 1. The Morgan fingerprint density at radius 3 is 3.00 bits per heavy atom. The molecule has 0 fully saturated rings. The maximum atomic E-state index is 11.7. The van der Waals surface area contributed by atoms with E-state index >= 15 is 0 Å². The summed E-state index contributed by atoms with van der Waals surface area (Å²) < 4.78 is 0.924. The van der Waals surface area contributed by atoms with Gasteiger partial charge in [0.2, 0.25) is 5.91 Å². The minimum absolute atomic E-state index is 0.103. The smallest absolute Gasteiger partial charge is 0.230 e. The van der Waals surface area contributed by atoms with E-state index in [-0.39, 0.29) is 12.3 Å². The van der Waals surface area contributed by atoms with Crippen molar-refractivity contribution in [1.82, 2.24) is 4.98 Å². The minimum atomic E-state index is -0.103. The fraction of sp³-hybridized carbons (Fsp3) is 0.0909. The number of amides is 1. The van der Waals surface area contributed by atoms with E-state index in [1.807, 2.05) is 24.3 Å². The number of hydrogen-bond donors (Lipinski definition) is 2. The van der Waals surface area contributed by atoms with E-state index in [0.29, 0.717) is 10.8 Å². The molecule has 0 atom stereocenters. The van der Waals surface area contributed by atoms with E-state index in [0.717, 1.165) is 10.2 Å². The highest BCUT2D eigenvalue weighted by atomic mass is 79.9. The number of nitrogens with zero attached hydrogens (tertiary/aromatic N) is 1. The maximum absolute atomic E-state index is 11.7. The van der Waals surface area contributed by atoms with Crippen LogP contribution in [0.25, 0.3) is 0 Å². The molecule has 0 radical (unpaired) electrons. The van der Waals surface area contributed by atoms with Crippen molar-refractivity contribution in [3.05, 3.63) is 39.8 Å². The molecule has 3 N–H and O–H groups in total. The quantitative estimate of drug-likeness (QED) is 0.915. The van der Waals surface area contributed by atoms with Crippen molar-refractivity contribution in [3.8, 4) is 0 Å². The first kappa shape index (κ1) is 12.1. The Balaban J connectivity index is 1.98. The van der Waals surface area contributed by atoms with Crippen LogP contribution in [-0.4, -0.2) is 10.9 Å². The second-order valence-corrected chi connectivity index (χ2v) is 5.22. The Hall–Kier alpha value is -1.40. The van der Waals surface area contributed by atoms with Gasteiger partial charge in [-0.2, -0.15) is 0 Å². The average Bonchev–Trinajstić information content (AvgIpc) is 2.63. The molecule has 0 aliphatic heterocycles. The number of carbonyl (C=O) groups is 1. The lowest BCUT2D eigenvalue weighted by Crippen LogP contribution is -2.14. The van der Waals surface area contributed by atoms with Crippen molar-refractivity contribution in [1.29, 1.82) is 0 Å². The third kappa shape index (κ3) is 3.54. The number of aromatic nitrogens is 1. The zero-order valence-electron chi connectivity index (χ0n) is 8.81. The zero-order chi connectivity index (χ0) is 12.3. The molecule has 88 valence electrons. The second kappa shape index (κ2) is 5.29. The molecule has 0 spiro atoms. The van der Waals surface area contributed by atoms with Crippen LogP contribution in [0.2, 0.25) is 0 Å². The summed E-state index contributed by atoms with van der Waals surface area (Å²) in [5.41, 5.74) is 6.95. The van der Waals surface area contributed by atoms with Gasteiger partial charge in [-0.3, -0.25) is 4.79 Å². The fourth-order valence-electron chi connectivity index (χ4n) is 1.34. The van der Waals surface area contributed by atoms with Crippen LogP contribution in [0.15, 0.2) is 34.1 Å². The number of hydrogen-bond acceptors (Lipinski definition) is 4. The van der Waals surface area contributed by atoms with E-state index < -0.39 is 0 Å². The van der Waals surface area contributed by atoms with Crippen LogP contribution >= 0.6 is 27.3 Å². The molecule has 2 rings (SSSR count). The summed E-state index contributed by atoms with van der Waals surface area (Å²) in [5.74, 6) is -0.103. The number of anilines is 2. The Bertz CT molecular complexity index is 541. The summed E-state index contributed by atoms with van der Waals surface area (Å²) >= 11 is 4.68.